The Bertz CT molecular complexity index is 256. The monoisotopic (exact) mass is 197 g/mol. The van der Waals surface area contributed by atoms with Gasteiger partial charge in [0.2, 0.25) is 0 Å². The first kappa shape index (κ1) is 13.1. The molecule has 14 heavy (non-hydrogen) atoms. The third-order valence-electron chi connectivity index (χ3n) is 1.73. The zero-order chi connectivity index (χ0) is 11.4. The van der Waals surface area contributed by atoms with Crippen molar-refractivity contribution in [3.63, 3.8) is 0 Å². The van der Waals surface area contributed by atoms with Crippen molar-refractivity contribution < 1.29 is 0 Å². The van der Waals surface area contributed by atoms with Gasteiger partial charge < -0.3 is 0 Å². The SMILES string of the molecule is CC.CC(C)n1ncnc1C(C)(C)C. The fourth-order valence-corrected chi connectivity index (χ4v) is 1.17. The number of rotatable bonds is 1. The van der Waals surface area contributed by atoms with E-state index in [0.717, 1.165) is 5.82 Å². The summed E-state index contributed by atoms with van der Waals surface area (Å²) in [6.07, 6.45) is 1.63. The van der Waals surface area contributed by atoms with Crippen molar-refractivity contribution in [1.82, 2.24) is 14.8 Å². The minimum atomic E-state index is 0.0841. The highest BCUT2D eigenvalue weighted by atomic mass is 15.3. The quantitative estimate of drug-likeness (QED) is 0.692. The van der Waals surface area contributed by atoms with Crippen molar-refractivity contribution in [3.05, 3.63) is 12.2 Å². The van der Waals surface area contributed by atoms with Crippen molar-refractivity contribution in [3.8, 4) is 0 Å². The highest BCUT2D eigenvalue weighted by molar-refractivity contribution is 5.01. The molecule has 0 unspecified atom stereocenters. The average molecular weight is 197 g/mol. The summed E-state index contributed by atoms with van der Waals surface area (Å²) in [6.45, 7) is 14.7. The minimum Gasteiger partial charge on any atom is -0.247 e. The number of hydrogen-bond acceptors (Lipinski definition) is 2. The molecule has 1 aromatic heterocycles. The second-order valence-electron chi connectivity index (χ2n) is 4.37. The number of nitrogens with zero attached hydrogens (tertiary/aromatic N) is 3. The van der Waals surface area contributed by atoms with E-state index in [-0.39, 0.29) is 5.41 Å². The Hall–Kier alpha value is -0.860. The summed E-state index contributed by atoms with van der Waals surface area (Å²) in [6, 6.07) is 0.390. The van der Waals surface area contributed by atoms with E-state index in [1.54, 1.807) is 6.33 Å². The van der Waals surface area contributed by atoms with Crippen LogP contribution in [0.2, 0.25) is 0 Å². The minimum absolute atomic E-state index is 0.0841. The zero-order valence-corrected chi connectivity index (χ0v) is 10.5. The maximum atomic E-state index is 4.26. The molecule has 0 radical (unpaired) electrons. The molecule has 3 nitrogen and oxygen atoms in total. The Morgan fingerprint density at radius 3 is 2.00 bits per heavy atom. The lowest BCUT2D eigenvalue weighted by atomic mass is 9.95. The van der Waals surface area contributed by atoms with Crippen LogP contribution in [0.3, 0.4) is 0 Å². The van der Waals surface area contributed by atoms with Crippen molar-refractivity contribution in [2.45, 2.75) is 59.9 Å². The third-order valence-corrected chi connectivity index (χ3v) is 1.73. The molecule has 0 fully saturated rings. The van der Waals surface area contributed by atoms with Gasteiger partial charge in [-0.1, -0.05) is 34.6 Å². The maximum Gasteiger partial charge on any atom is 0.138 e. The lowest BCUT2D eigenvalue weighted by molar-refractivity contribution is 0.436. The predicted molar refractivity (Wildman–Crippen MR) is 60.5 cm³/mol. The Kier molecular flexibility index (Phi) is 4.81. The molecule has 0 N–H and O–H groups in total. The first-order chi connectivity index (χ1) is 6.43. The molecule has 0 aliphatic heterocycles. The van der Waals surface area contributed by atoms with Crippen LogP contribution in [0.4, 0.5) is 0 Å². The van der Waals surface area contributed by atoms with Crippen LogP contribution in [0.1, 0.15) is 60.3 Å². The smallest absolute Gasteiger partial charge is 0.138 e. The largest absolute Gasteiger partial charge is 0.247 e. The van der Waals surface area contributed by atoms with Gasteiger partial charge in [-0.25, -0.2) is 9.67 Å². The van der Waals surface area contributed by atoms with Crippen LogP contribution in [0.25, 0.3) is 0 Å². The van der Waals surface area contributed by atoms with Gasteiger partial charge >= 0.3 is 0 Å². The number of hydrogen-bond donors (Lipinski definition) is 0. The summed E-state index contributed by atoms with van der Waals surface area (Å²) in [5.74, 6) is 1.05. The lowest BCUT2D eigenvalue weighted by Gasteiger charge is -2.20. The highest BCUT2D eigenvalue weighted by Gasteiger charge is 2.21. The fraction of sp³-hybridized carbons (Fsp3) is 0.818. The van der Waals surface area contributed by atoms with Crippen LogP contribution in [-0.2, 0) is 5.41 Å². The molecule has 0 saturated heterocycles. The predicted octanol–water partition coefficient (Wildman–Crippen LogP) is 3.18. The molecule has 0 aromatic carbocycles. The summed E-state index contributed by atoms with van der Waals surface area (Å²) >= 11 is 0. The normalized spacial score (nSPS) is 11.1. The van der Waals surface area contributed by atoms with Gasteiger partial charge in [0.05, 0.1) is 0 Å². The summed E-state index contributed by atoms with van der Waals surface area (Å²) in [5.41, 5.74) is 0.0841. The van der Waals surface area contributed by atoms with Crippen LogP contribution in [0.15, 0.2) is 6.33 Å². The Labute approximate surface area is 87.5 Å². The molecule has 1 rings (SSSR count). The van der Waals surface area contributed by atoms with Crippen LogP contribution in [0.5, 0.6) is 0 Å². The molecule has 1 heterocycles. The van der Waals surface area contributed by atoms with Crippen molar-refractivity contribution >= 4 is 0 Å². The van der Waals surface area contributed by atoms with E-state index in [9.17, 15) is 0 Å². The summed E-state index contributed by atoms with van der Waals surface area (Å²) in [7, 11) is 0. The van der Waals surface area contributed by atoms with E-state index in [1.165, 1.54) is 0 Å². The van der Waals surface area contributed by atoms with Gasteiger partial charge in [-0.05, 0) is 13.8 Å². The molecule has 0 saturated carbocycles. The van der Waals surface area contributed by atoms with Gasteiger partial charge in [0.15, 0.2) is 0 Å². The number of aromatic nitrogens is 3. The van der Waals surface area contributed by atoms with E-state index >= 15 is 0 Å². The molecule has 3 heteroatoms. The molecule has 0 spiro atoms. The standard InChI is InChI=1S/C9H17N3.C2H6/c1-7(2)12-8(9(3,4)5)10-6-11-12;1-2/h6-7H,1-5H3;1-2H3. The van der Waals surface area contributed by atoms with E-state index < -0.39 is 0 Å². The van der Waals surface area contributed by atoms with Gasteiger partial charge in [-0.2, -0.15) is 5.10 Å². The first-order valence-corrected chi connectivity index (χ1v) is 5.33. The van der Waals surface area contributed by atoms with Crippen molar-refractivity contribution in [2.75, 3.05) is 0 Å². The van der Waals surface area contributed by atoms with Gasteiger partial charge in [-0.15, -0.1) is 0 Å². The third kappa shape index (κ3) is 3.13. The molecular formula is C11H23N3. The molecule has 0 bridgehead atoms. The highest BCUT2D eigenvalue weighted by Crippen LogP contribution is 2.21. The van der Waals surface area contributed by atoms with Crippen molar-refractivity contribution in [2.24, 2.45) is 0 Å². The molecule has 0 aliphatic rings. The molecule has 1 aromatic rings. The second-order valence-corrected chi connectivity index (χ2v) is 4.37. The summed E-state index contributed by atoms with van der Waals surface area (Å²) in [5, 5.41) is 4.19. The lowest BCUT2D eigenvalue weighted by Crippen LogP contribution is -2.20. The first-order valence-electron chi connectivity index (χ1n) is 5.33. The molecule has 82 valence electrons. The van der Waals surface area contributed by atoms with Gasteiger partial charge in [-0.3, -0.25) is 0 Å². The van der Waals surface area contributed by atoms with Crippen LogP contribution in [-0.4, -0.2) is 14.8 Å². The van der Waals surface area contributed by atoms with Crippen LogP contribution < -0.4 is 0 Å². The van der Waals surface area contributed by atoms with Gasteiger partial charge in [0.1, 0.15) is 12.2 Å². The van der Waals surface area contributed by atoms with Gasteiger partial charge in [0, 0.05) is 11.5 Å². The maximum absolute atomic E-state index is 4.26. The van der Waals surface area contributed by atoms with E-state index in [2.05, 4.69) is 44.7 Å². The summed E-state index contributed by atoms with van der Waals surface area (Å²) in [4.78, 5) is 4.26. The van der Waals surface area contributed by atoms with Gasteiger partial charge in [0.25, 0.3) is 0 Å². The molecule has 0 aliphatic carbocycles. The molecule has 0 amide bonds. The van der Waals surface area contributed by atoms with Crippen LogP contribution in [0, 0.1) is 0 Å². The average Bonchev–Trinajstić information content (AvgIpc) is 2.54. The topological polar surface area (TPSA) is 30.7 Å². The molecule has 0 atom stereocenters. The zero-order valence-electron chi connectivity index (χ0n) is 10.5. The van der Waals surface area contributed by atoms with E-state index in [4.69, 9.17) is 0 Å². The van der Waals surface area contributed by atoms with E-state index in [1.807, 2.05) is 18.5 Å². The summed E-state index contributed by atoms with van der Waals surface area (Å²) < 4.78 is 1.97. The fourth-order valence-electron chi connectivity index (χ4n) is 1.17. The van der Waals surface area contributed by atoms with Crippen molar-refractivity contribution in [1.29, 1.82) is 0 Å². The second kappa shape index (κ2) is 5.13. The molecular weight excluding hydrogens is 174 g/mol. The Morgan fingerprint density at radius 2 is 1.71 bits per heavy atom. The van der Waals surface area contributed by atoms with Crippen LogP contribution >= 0.6 is 0 Å². The van der Waals surface area contributed by atoms with E-state index in [0.29, 0.717) is 6.04 Å². The Morgan fingerprint density at radius 1 is 1.21 bits per heavy atom. The Balaban J connectivity index is 0.000000791.